The third-order valence-electron chi connectivity index (χ3n) is 3.30. The molecule has 0 aliphatic carbocycles. The van der Waals surface area contributed by atoms with E-state index in [2.05, 4.69) is 31.0 Å². The zero-order valence-corrected chi connectivity index (χ0v) is 12.2. The van der Waals surface area contributed by atoms with Crippen LogP contribution in [-0.2, 0) is 0 Å². The fourth-order valence-corrected chi connectivity index (χ4v) is 3.16. The number of rotatable bonds is 2. The van der Waals surface area contributed by atoms with Gasteiger partial charge in [0.25, 0.3) is 0 Å². The Morgan fingerprint density at radius 2 is 1.80 bits per heavy atom. The number of aryl methyl sites for hydroxylation is 2. The summed E-state index contributed by atoms with van der Waals surface area (Å²) in [5.74, 6) is 0. The van der Waals surface area contributed by atoms with E-state index in [1.165, 1.54) is 16.9 Å². The normalized spacial score (nSPS) is 11.5. The van der Waals surface area contributed by atoms with Gasteiger partial charge in [-0.25, -0.2) is 0 Å². The summed E-state index contributed by atoms with van der Waals surface area (Å²) >= 11 is 1.36. The van der Waals surface area contributed by atoms with Crippen molar-refractivity contribution in [1.29, 1.82) is 0 Å². The third-order valence-corrected chi connectivity index (χ3v) is 4.26. The molecule has 0 radical (unpaired) electrons. The SMILES string of the molecule is Cc1ccc(N=Cc2sc(O)c3ccccc23)c(C)c1. The quantitative estimate of drug-likeness (QED) is 0.660. The van der Waals surface area contributed by atoms with Crippen molar-refractivity contribution in [2.75, 3.05) is 0 Å². The first kappa shape index (κ1) is 12.9. The van der Waals surface area contributed by atoms with Crippen LogP contribution in [0.4, 0.5) is 5.69 Å². The summed E-state index contributed by atoms with van der Waals surface area (Å²) < 4.78 is 0. The van der Waals surface area contributed by atoms with Gasteiger partial charge in [0, 0.05) is 17.0 Å². The Morgan fingerprint density at radius 1 is 1.05 bits per heavy atom. The van der Waals surface area contributed by atoms with Crippen molar-refractivity contribution < 1.29 is 5.11 Å². The second-order valence-corrected chi connectivity index (χ2v) is 5.90. The minimum Gasteiger partial charge on any atom is -0.499 e. The van der Waals surface area contributed by atoms with Crippen molar-refractivity contribution >= 4 is 34.0 Å². The molecule has 1 N–H and O–H groups in total. The lowest BCUT2D eigenvalue weighted by Gasteiger charge is -2.00. The molecule has 1 heterocycles. The van der Waals surface area contributed by atoms with Crippen LogP contribution in [0.5, 0.6) is 5.06 Å². The van der Waals surface area contributed by atoms with E-state index in [0.717, 1.165) is 26.9 Å². The zero-order valence-electron chi connectivity index (χ0n) is 11.4. The van der Waals surface area contributed by atoms with Crippen LogP contribution in [0.3, 0.4) is 0 Å². The highest BCUT2D eigenvalue weighted by molar-refractivity contribution is 7.17. The first-order chi connectivity index (χ1) is 9.65. The summed E-state index contributed by atoms with van der Waals surface area (Å²) in [7, 11) is 0. The van der Waals surface area contributed by atoms with Crippen LogP contribution in [-0.4, -0.2) is 11.3 Å². The van der Waals surface area contributed by atoms with Crippen LogP contribution in [0.25, 0.3) is 10.8 Å². The molecule has 0 bridgehead atoms. The number of benzene rings is 2. The highest BCUT2D eigenvalue weighted by atomic mass is 32.1. The van der Waals surface area contributed by atoms with Crippen LogP contribution in [0.2, 0.25) is 0 Å². The Kier molecular flexibility index (Phi) is 3.28. The molecule has 0 saturated heterocycles. The summed E-state index contributed by atoms with van der Waals surface area (Å²) in [6.45, 7) is 4.13. The maximum Gasteiger partial charge on any atom is 0.179 e. The highest BCUT2D eigenvalue weighted by Crippen LogP contribution is 2.35. The van der Waals surface area contributed by atoms with E-state index >= 15 is 0 Å². The molecule has 0 unspecified atom stereocenters. The minimum absolute atomic E-state index is 0.350. The molecule has 3 rings (SSSR count). The number of hydrogen-bond acceptors (Lipinski definition) is 3. The van der Waals surface area contributed by atoms with Gasteiger partial charge in [-0.2, -0.15) is 0 Å². The number of hydrogen-bond donors (Lipinski definition) is 1. The molecule has 2 nitrogen and oxygen atoms in total. The molecule has 20 heavy (non-hydrogen) atoms. The molecular formula is C17H15NOS. The molecule has 0 aliphatic rings. The average Bonchev–Trinajstić information content (AvgIpc) is 2.75. The molecule has 0 fully saturated rings. The molecule has 0 amide bonds. The highest BCUT2D eigenvalue weighted by Gasteiger charge is 2.07. The lowest BCUT2D eigenvalue weighted by molar-refractivity contribution is 0.496. The monoisotopic (exact) mass is 281 g/mol. The van der Waals surface area contributed by atoms with E-state index in [1.54, 1.807) is 0 Å². The summed E-state index contributed by atoms with van der Waals surface area (Å²) in [5, 5.41) is 12.2. The second-order valence-electron chi connectivity index (χ2n) is 4.87. The number of fused-ring (bicyclic) bond motifs is 1. The Hall–Kier alpha value is -2.13. The van der Waals surface area contributed by atoms with Crippen molar-refractivity contribution in [1.82, 2.24) is 0 Å². The number of aliphatic imine (C=N–C) groups is 1. The summed E-state index contributed by atoms with van der Waals surface area (Å²) in [5.41, 5.74) is 3.36. The Balaban J connectivity index is 2.02. The Bertz CT molecular complexity index is 802. The molecule has 2 aromatic carbocycles. The fraction of sp³-hybridized carbons (Fsp3) is 0.118. The second kappa shape index (κ2) is 5.10. The molecule has 3 aromatic rings. The lowest BCUT2D eigenvalue weighted by Crippen LogP contribution is -1.79. The Labute approximate surface area is 122 Å². The van der Waals surface area contributed by atoms with Crippen molar-refractivity contribution in [3.63, 3.8) is 0 Å². The van der Waals surface area contributed by atoms with Crippen LogP contribution in [0.1, 0.15) is 16.0 Å². The number of aromatic hydroxyl groups is 1. The minimum atomic E-state index is 0.350. The molecular weight excluding hydrogens is 266 g/mol. The molecule has 3 heteroatoms. The Morgan fingerprint density at radius 3 is 2.55 bits per heavy atom. The average molecular weight is 281 g/mol. The maximum atomic E-state index is 9.94. The largest absolute Gasteiger partial charge is 0.499 e. The van der Waals surface area contributed by atoms with Gasteiger partial charge in [-0.05, 0) is 31.5 Å². The summed E-state index contributed by atoms with van der Waals surface area (Å²) in [6, 6.07) is 14.0. The molecule has 100 valence electrons. The van der Waals surface area contributed by atoms with Crippen LogP contribution in [0, 0.1) is 13.8 Å². The summed E-state index contributed by atoms with van der Waals surface area (Å²) in [4.78, 5) is 5.54. The fourth-order valence-electron chi connectivity index (χ4n) is 2.27. The molecule has 0 atom stereocenters. The van der Waals surface area contributed by atoms with Gasteiger partial charge in [0.05, 0.1) is 10.6 Å². The van der Waals surface area contributed by atoms with Crippen LogP contribution >= 0.6 is 11.3 Å². The van der Waals surface area contributed by atoms with Gasteiger partial charge in [-0.15, -0.1) is 0 Å². The van der Waals surface area contributed by atoms with Gasteiger partial charge < -0.3 is 5.11 Å². The van der Waals surface area contributed by atoms with E-state index < -0.39 is 0 Å². The van der Waals surface area contributed by atoms with E-state index in [9.17, 15) is 5.11 Å². The molecule has 0 aliphatic heterocycles. The van der Waals surface area contributed by atoms with Crippen LogP contribution < -0.4 is 0 Å². The van der Waals surface area contributed by atoms with Gasteiger partial charge in [-0.1, -0.05) is 47.2 Å². The van der Waals surface area contributed by atoms with Crippen molar-refractivity contribution in [2.24, 2.45) is 4.99 Å². The molecule has 0 saturated carbocycles. The van der Waals surface area contributed by atoms with Crippen LogP contribution in [0.15, 0.2) is 47.5 Å². The van der Waals surface area contributed by atoms with Gasteiger partial charge >= 0.3 is 0 Å². The lowest BCUT2D eigenvalue weighted by atomic mass is 10.1. The van der Waals surface area contributed by atoms with E-state index in [-0.39, 0.29) is 0 Å². The van der Waals surface area contributed by atoms with Gasteiger partial charge in [0.15, 0.2) is 5.06 Å². The van der Waals surface area contributed by atoms with Crippen molar-refractivity contribution in [2.45, 2.75) is 13.8 Å². The van der Waals surface area contributed by atoms with Crippen molar-refractivity contribution in [3.8, 4) is 5.06 Å². The molecule has 1 aromatic heterocycles. The third kappa shape index (κ3) is 2.32. The van der Waals surface area contributed by atoms with E-state index in [4.69, 9.17) is 0 Å². The smallest absolute Gasteiger partial charge is 0.179 e. The number of thiophene rings is 1. The summed E-state index contributed by atoms with van der Waals surface area (Å²) in [6.07, 6.45) is 1.84. The van der Waals surface area contributed by atoms with E-state index in [0.29, 0.717) is 5.06 Å². The topological polar surface area (TPSA) is 32.6 Å². The first-order valence-electron chi connectivity index (χ1n) is 6.47. The van der Waals surface area contributed by atoms with Gasteiger partial charge in [-0.3, -0.25) is 4.99 Å². The van der Waals surface area contributed by atoms with Gasteiger partial charge in [0.2, 0.25) is 0 Å². The maximum absolute atomic E-state index is 9.94. The van der Waals surface area contributed by atoms with Gasteiger partial charge in [0.1, 0.15) is 0 Å². The van der Waals surface area contributed by atoms with Crippen molar-refractivity contribution in [3.05, 3.63) is 58.5 Å². The predicted octanol–water partition coefficient (Wildman–Crippen LogP) is 4.97. The van der Waals surface area contributed by atoms with E-state index in [1.807, 2.05) is 36.5 Å². The standard InChI is InChI=1S/C17H15NOS/c1-11-7-8-15(12(2)9-11)18-10-16-13-5-3-4-6-14(13)17(19)20-16/h3-10,19H,1-2H3. The number of nitrogens with zero attached hydrogens (tertiary/aromatic N) is 1. The zero-order chi connectivity index (χ0) is 14.1. The predicted molar refractivity (Wildman–Crippen MR) is 86.7 cm³/mol. The first-order valence-corrected chi connectivity index (χ1v) is 7.28. The molecule has 0 spiro atoms.